The average Bonchev–Trinajstić information content (AvgIpc) is 3.05. The number of hydrogen-bond donors (Lipinski definition) is 1. The van der Waals surface area contributed by atoms with Crippen molar-refractivity contribution in [3.63, 3.8) is 0 Å². The van der Waals surface area contributed by atoms with Crippen LogP contribution in [0.1, 0.15) is 52.7 Å². The third-order valence-corrected chi connectivity index (χ3v) is 8.25. The number of carboxylic acid groups (broad SMARTS) is 1. The van der Waals surface area contributed by atoms with E-state index < -0.39 is 41.6 Å². The standard InChI is InChI=1S/C19H27ClN2O5.C17H22ClNO5/c1-19(2,3)27-18(24)22-11-16(17(23)21(4)25-5)26-12-15(22)10-13-6-8-14(20)9-7-13;1-17(2,3)24-16(22)19-9-14(15(20)21)23-10-13(19)8-11-4-6-12(18)7-5-11/h6-9,15-16H,10-12H2,1-5H3;4-7,13-14H,8-10H2,1-3H3,(H,20,21)/t15-,16+;13-,14+/m00/s1. The van der Waals surface area contributed by atoms with Crippen molar-refractivity contribution in [2.24, 2.45) is 0 Å². The maximum Gasteiger partial charge on any atom is 0.410 e. The van der Waals surface area contributed by atoms with Crippen molar-refractivity contribution >= 4 is 47.3 Å². The SMILES string of the molecule is CC(C)(C)OC(=O)N1C[C@H](C(=O)O)OC[C@@H]1Cc1ccc(Cl)cc1.CON(C)C(=O)[C@H]1CN(C(=O)OC(C)(C)C)[C@@H](Cc2ccc(Cl)cc2)CO1. The number of likely N-dealkylation sites (N-methyl/N-ethyl adjacent to an activating group) is 1. The topological polar surface area (TPSA) is 144 Å². The van der Waals surface area contributed by atoms with Crippen LogP contribution in [0.25, 0.3) is 0 Å². The van der Waals surface area contributed by atoms with Crippen molar-refractivity contribution in [3.8, 4) is 0 Å². The Bertz CT molecular complexity index is 1480. The fourth-order valence-electron chi connectivity index (χ4n) is 5.20. The van der Waals surface area contributed by atoms with Crippen LogP contribution in [0, 0.1) is 0 Å². The average molecular weight is 755 g/mol. The highest BCUT2D eigenvalue weighted by molar-refractivity contribution is 6.30. The van der Waals surface area contributed by atoms with Crippen LogP contribution in [0.15, 0.2) is 48.5 Å². The molecule has 51 heavy (non-hydrogen) atoms. The quantitative estimate of drug-likeness (QED) is 0.341. The number of ether oxygens (including phenoxy) is 4. The highest BCUT2D eigenvalue weighted by Gasteiger charge is 2.40. The molecule has 2 saturated heterocycles. The number of hydroxylamine groups is 2. The summed E-state index contributed by atoms with van der Waals surface area (Å²) in [5.74, 6) is -1.44. The largest absolute Gasteiger partial charge is 0.479 e. The van der Waals surface area contributed by atoms with Gasteiger partial charge in [0.15, 0.2) is 12.2 Å². The number of halogens is 2. The van der Waals surface area contributed by atoms with Gasteiger partial charge in [-0.3, -0.25) is 19.4 Å². The number of nitrogens with zero attached hydrogens (tertiary/aromatic N) is 3. The van der Waals surface area contributed by atoms with Gasteiger partial charge in [0, 0.05) is 17.1 Å². The van der Waals surface area contributed by atoms with Crippen LogP contribution < -0.4 is 0 Å². The third kappa shape index (κ3) is 13.5. The lowest BCUT2D eigenvalue weighted by molar-refractivity contribution is -0.187. The van der Waals surface area contributed by atoms with E-state index in [2.05, 4.69) is 0 Å². The summed E-state index contributed by atoms with van der Waals surface area (Å²) >= 11 is 11.8. The molecule has 0 bridgehead atoms. The molecule has 4 atom stereocenters. The molecule has 0 aromatic heterocycles. The van der Waals surface area contributed by atoms with Gasteiger partial charge in [0.1, 0.15) is 11.2 Å². The summed E-state index contributed by atoms with van der Waals surface area (Å²) in [7, 11) is 2.90. The number of hydrogen-bond acceptors (Lipinski definition) is 9. The van der Waals surface area contributed by atoms with Crippen LogP contribution in [0.3, 0.4) is 0 Å². The predicted molar refractivity (Wildman–Crippen MR) is 191 cm³/mol. The van der Waals surface area contributed by atoms with Gasteiger partial charge in [0.25, 0.3) is 5.91 Å². The third-order valence-electron chi connectivity index (χ3n) is 7.75. The van der Waals surface area contributed by atoms with E-state index in [0.717, 1.165) is 16.2 Å². The van der Waals surface area contributed by atoms with Crippen LogP contribution >= 0.6 is 23.2 Å². The maximum absolute atomic E-state index is 12.7. The summed E-state index contributed by atoms with van der Waals surface area (Å²) in [4.78, 5) is 56.7. The smallest absolute Gasteiger partial charge is 0.410 e. The van der Waals surface area contributed by atoms with Gasteiger partial charge in [-0.2, -0.15) is 0 Å². The van der Waals surface area contributed by atoms with E-state index in [0.29, 0.717) is 22.9 Å². The number of carbonyl (C=O) groups excluding carboxylic acids is 3. The molecule has 0 aliphatic carbocycles. The molecule has 4 rings (SSSR count). The summed E-state index contributed by atoms with van der Waals surface area (Å²) in [6.07, 6.45) is -1.75. The molecule has 15 heteroatoms. The van der Waals surface area contributed by atoms with Crippen LogP contribution in [0.2, 0.25) is 10.0 Å². The number of morpholine rings is 2. The minimum Gasteiger partial charge on any atom is -0.479 e. The Morgan fingerprint density at radius 1 is 0.745 bits per heavy atom. The highest BCUT2D eigenvalue weighted by Crippen LogP contribution is 2.23. The molecule has 2 aromatic rings. The van der Waals surface area contributed by atoms with E-state index in [4.69, 9.17) is 52.1 Å². The molecule has 13 nitrogen and oxygen atoms in total. The van der Waals surface area contributed by atoms with Crippen molar-refractivity contribution in [1.29, 1.82) is 0 Å². The van der Waals surface area contributed by atoms with Gasteiger partial charge in [-0.1, -0.05) is 47.5 Å². The minimum absolute atomic E-state index is 0.0392. The highest BCUT2D eigenvalue weighted by atomic mass is 35.5. The van der Waals surface area contributed by atoms with Crippen molar-refractivity contribution in [2.75, 3.05) is 40.5 Å². The molecule has 282 valence electrons. The second kappa shape index (κ2) is 18.2. The lowest BCUT2D eigenvalue weighted by atomic mass is 10.0. The van der Waals surface area contributed by atoms with Gasteiger partial charge >= 0.3 is 18.2 Å². The first-order valence-corrected chi connectivity index (χ1v) is 17.3. The normalized spacial score (nSPS) is 20.8. The molecule has 2 aliphatic heterocycles. The Labute approximate surface area is 309 Å². The van der Waals surface area contributed by atoms with Gasteiger partial charge in [-0.15, -0.1) is 0 Å². The Hall–Kier alpha value is -3.62. The molecule has 2 fully saturated rings. The lowest BCUT2D eigenvalue weighted by Crippen LogP contribution is -2.57. The van der Waals surface area contributed by atoms with Gasteiger partial charge in [0.05, 0.1) is 45.5 Å². The monoisotopic (exact) mass is 753 g/mol. The number of amides is 3. The maximum atomic E-state index is 12.7. The van der Waals surface area contributed by atoms with Crippen LogP contribution in [0.4, 0.5) is 9.59 Å². The molecule has 0 saturated carbocycles. The number of benzene rings is 2. The van der Waals surface area contributed by atoms with Crippen molar-refractivity contribution in [3.05, 3.63) is 69.7 Å². The Morgan fingerprint density at radius 3 is 1.47 bits per heavy atom. The second-order valence-electron chi connectivity index (χ2n) is 14.2. The minimum atomic E-state index is -1.09. The molecule has 0 spiro atoms. The molecule has 2 aliphatic rings. The predicted octanol–water partition coefficient (Wildman–Crippen LogP) is 5.88. The van der Waals surface area contributed by atoms with E-state index in [-0.39, 0.29) is 44.3 Å². The van der Waals surface area contributed by atoms with Crippen LogP contribution in [-0.2, 0) is 46.2 Å². The first-order valence-electron chi connectivity index (χ1n) is 16.5. The van der Waals surface area contributed by atoms with E-state index in [1.807, 2.05) is 24.3 Å². The van der Waals surface area contributed by atoms with Crippen LogP contribution in [-0.4, -0.2) is 120 Å². The summed E-state index contributed by atoms with van der Waals surface area (Å²) in [5.41, 5.74) is 0.706. The molecule has 2 aromatic carbocycles. The Balaban J connectivity index is 0.000000277. The first-order chi connectivity index (χ1) is 23.8. The molecular formula is C36H49Cl2N3O10. The van der Waals surface area contributed by atoms with Gasteiger partial charge in [-0.05, 0) is 89.8 Å². The summed E-state index contributed by atoms with van der Waals surface area (Å²) in [6, 6.07) is 14.2. The van der Waals surface area contributed by atoms with Gasteiger partial charge in [0.2, 0.25) is 0 Å². The van der Waals surface area contributed by atoms with Gasteiger partial charge in [-0.25, -0.2) is 19.4 Å². The van der Waals surface area contributed by atoms with Gasteiger partial charge < -0.3 is 24.1 Å². The van der Waals surface area contributed by atoms with Crippen molar-refractivity contribution in [2.45, 2.75) is 89.9 Å². The van der Waals surface area contributed by atoms with E-state index in [1.54, 1.807) is 70.7 Å². The molecule has 2 heterocycles. The summed E-state index contributed by atoms with van der Waals surface area (Å²) in [6.45, 7) is 11.1. The lowest BCUT2D eigenvalue weighted by Gasteiger charge is -2.40. The zero-order valence-electron chi connectivity index (χ0n) is 30.4. The van der Waals surface area contributed by atoms with Crippen molar-refractivity contribution < 1.29 is 48.1 Å². The fraction of sp³-hybridized carbons (Fsp3) is 0.556. The van der Waals surface area contributed by atoms with E-state index in [1.165, 1.54) is 19.1 Å². The summed E-state index contributed by atoms with van der Waals surface area (Å²) in [5, 5.41) is 11.5. The Kier molecular flexibility index (Phi) is 14.9. The number of aliphatic carboxylic acids is 1. The fourth-order valence-corrected chi connectivity index (χ4v) is 5.45. The number of rotatable bonds is 7. The molecule has 0 unspecified atom stereocenters. The second-order valence-corrected chi connectivity index (χ2v) is 15.1. The van der Waals surface area contributed by atoms with E-state index in [9.17, 15) is 19.2 Å². The first kappa shape index (κ1) is 41.8. The molecule has 0 radical (unpaired) electrons. The Morgan fingerprint density at radius 2 is 1.12 bits per heavy atom. The van der Waals surface area contributed by atoms with Crippen LogP contribution in [0.5, 0.6) is 0 Å². The number of carboxylic acids is 1. The van der Waals surface area contributed by atoms with Crippen molar-refractivity contribution in [1.82, 2.24) is 14.9 Å². The zero-order chi connectivity index (χ0) is 38.1. The van der Waals surface area contributed by atoms with E-state index >= 15 is 0 Å². The number of carbonyl (C=O) groups is 4. The molecule has 1 N–H and O–H groups in total. The summed E-state index contributed by atoms with van der Waals surface area (Å²) < 4.78 is 22.1. The zero-order valence-corrected chi connectivity index (χ0v) is 31.9. The molecule has 3 amide bonds. The molecular weight excluding hydrogens is 705 g/mol.